The summed E-state index contributed by atoms with van der Waals surface area (Å²) in [5.41, 5.74) is 4.88. The van der Waals surface area contributed by atoms with Gasteiger partial charge in [0.05, 0.1) is 16.8 Å². The molecule has 0 atom stereocenters. The normalized spacial score (nSPS) is 11.9. The molecule has 0 radical (unpaired) electrons. The molecule has 0 aliphatic carbocycles. The van der Waals surface area contributed by atoms with Crippen LogP contribution in [0.15, 0.2) is 71.3 Å². The number of ether oxygens (including phenoxy) is 1. The minimum Gasteiger partial charge on any atom is -0.439 e. The maximum atomic E-state index is 13.5. The molecule has 10 nitrogen and oxygen atoms in total. The first kappa shape index (κ1) is 26.1. The smallest absolute Gasteiger partial charge is 0.419 e. The number of hydrogen-bond acceptors (Lipinski definition) is 7. The Morgan fingerprint density at radius 3 is 2.68 bits per heavy atom. The monoisotopic (exact) mass is 528 g/mol. The molecule has 4 aromatic rings. The zero-order valence-electron chi connectivity index (χ0n) is 19.8. The van der Waals surface area contributed by atoms with Crippen LogP contribution in [0, 0.1) is 5.82 Å². The first-order valence-electron chi connectivity index (χ1n) is 10.9. The number of alkyl halides is 3. The summed E-state index contributed by atoms with van der Waals surface area (Å²) in [6.07, 6.45) is -2.15. The van der Waals surface area contributed by atoms with E-state index in [1.807, 2.05) is 0 Å². The third kappa shape index (κ3) is 6.03. The molecule has 0 fully saturated rings. The van der Waals surface area contributed by atoms with E-state index in [2.05, 4.69) is 32.2 Å². The second-order valence-electron chi connectivity index (χ2n) is 7.89. The molecular formula is C24H20F4N8O2. The highest BCUT2D eigenvalue weighted by Crippen LogP contribution is 2.33. The molecular weight excluding hydrogens is 508 g/mol. The number of aromatic nitrogens is 3. The van der Waals surface area contributed by atoms with Crippen molar-refractivity contribution >= 4 is 35.2 Å². The van der Waals surface area contributed by atoms with Crippen LogP contribution in [-0.2, 0) is 12.7 Å². The van der Waals surface area contributed by atoms with Crippen LogP contribution in [0.5, 0.6) is 11.6 Å². The highest BCUT2D eigenvalue weighted by molar-refractivity contribution is 5.98. The first-order valence-corrected chi connectivity index (χ1v) is 10.9. The minimum absolute atomic E-state index is 0.173. The molecule has 1 amide bonds. The van der Waals surface area contributed by atoms with E-state index in [4.69, 9.17) is 10.5 Å². The van der Waals surface area contributed by atoms with Gasteiger partial charge in [-0.25, -0.2) is 19.2 Å². The Labute approximate surface area is 213 Å². The molecule has 0 aliphatic heterocycles. The number of nitrogens with two attached hydrogens (primary N) is 1. The fraction of sp³-hybridized carbons (Fsp3) is 0.125. The number of carbonyl (C=O) groups is 1. The standard InChI is InChI=1S/C24H20F4N8O2/c1-14(29)34-36(30-2)12-17-11-22(32-13-31-17)38-18-4-6-21-15(9-18)7-8-35(21)23(37)33-16-3-5-20(25)19(10-16)24(26,27)28/h3-11,13H,2,12H2,1H3,(H2,29,34)(H,33,37). The van der Waals surface area contributed by atoms with Gasteiger partial charge in [-0.15, -0.1) is 5.10 Å². The molecule has 2 heterocycles. The van der Waals surface area contributed by atoms with Gasteiger partial charge in [-0.3, -0.25) is 4.57 Å². The Morgan fingerprint density at radius 1 is 1.18 bits per heavy atom. The molecule has 0 bridgehead atoms. The summed E-state index contributed by atoms with van der Waals surface area (Å²) in [6.45, 7) is 5.21. The number of benzene rings is 2. The van der Waals surface area contributed by atoms with E-state index in [1.165, 1.54) is 22.2 Å². The number of amidine groups is 1. The van der Waals surface area contributed by atoms with Crippen molar-refractivity contribution in [1.82, 2.24) is 19.7 Å². The number of rotatable bonds is 7. The van der Waals surface area contributed by atoms with Crippen molar-refractivity contribution in [2.45, 2.75) is 19.6 Å². The first-order chi connectivity index (χ1) is 18.0. The number of hydrogen-bond donors (Lipinski definition) is 2. The molecule has 38 heavy (non-hydrogen) atoms. The zero-order chi connectivity index (χ0) is 27.4. The molecule has 14 heteroatoms. The van der Waals surface area contributed by atoms with Gasteiger partial charge in [0.2, 0.25) is 5.88 Å². The second-order valence-corrected chi connectivity index (χ2v) is 7.89. The second kappa shape index (κ2) is 10.5. The Hall–Kier alpha value is -5.01. The van der Waals surface area contributed by atoms with Gasteiger partial charge < -0.3 is 15.8 Å². The van der Waals surface area contributed by atoms with Gasteiger partial charge in [-0.05, 0) is 49.4 Å². The third-order valence-corrected chi connectivity index (χ3v) is 5.06. The maximum Gasteiger partial charge on any atom is 0.419 e. The number of fused-ring (bicyclic) bond motifs is 1. The summed E-state index contributed by atoms with van der Waals surface area (Å²) in [5, 5.41) is 12.0. The van der Waals surface area contributed by atoms with E-state index < -0.39 is 23.6 Å². The van der Waals surface area contributed by atoms with Gasteiger partial charge in [0.25, 0.3) is 0 Å². The number of nitrogens with zero attached hydrogens (tertiary/aromatic N) is 6. The molecule has 196 valence electrons. The van der Waals surface area contributed by atoms with E-state index in [9.17, 15) is 22.4 Å². The lowest BCUT2D eigenvalue weighted by Crippen LogP contribution is -2.19. The molecule has 0 saturated carbocycles. The van der Waals surface area contributed by atoms with Gasteiger partial charge in [0.15, 0.2) is 0 Å². The van der Waals surface area contributed by atoms with Crippen LogP contribution >= 0.6 is 0 Å². The fourth-order valence-corrected chi connectivity index (χ4v) is 3.45. The molecule has 0 aliphatic rings. The largest absolute Gasteiger partial charge is 0.439 e. The number of nitrogens with one attached hydrogen (secondary N) is 1. The number of carbonyl (C=O) groups excluding carboxylic acids is 1. The third-order valence-electron chi connectivity index (χ3n) is 5.06. The molecule has 0 spiro atoms. The van der Waals surface area contributed by atoms with Crippen molar-refractivity contribution < 1.29 is 27.1 Å². The highest BCUT2D eigenvalue weighted by atomic mass is 19.4. The van der Waals surface area contributed by atoms with Gasteiger partial charge in [0.1, 0.15) is 30.3 Å². The molecule has 0 saturated heterocycles. The topological polar surface area (TPSA) is 123 Å². The van der Waals surface area contributed by atoms with Crippen molar-refractivity contribution in [2.75, 3.05) is 5.32 Å². The quantitative estimate of drug-likeness (QED) is 0.148. The van der Waals surface area contributed by atoms with E-state index in [1.54, 1.807) is 37.3 Å². The van der Waals surface area contributed by atoms with Gasteiger partial charge in [-0.2, -0.15) is 23.4 Å². The average molecular weight is 528 g/mol. The van der Waals surface area contributed by atoms with E-state index in [-0.39, 0.29) is 18.1 Å². The van der Waals surface area contributed by atoms with E-state index in [0.29, 0.717) is 40.3 Å². The van der Waals surface area contributed by atoms with Gasteiger partial charge in [0, 0.05) is 30.1 Å². The molecule has 2 aromatic heterocycles. The van der Waals surface area contributed by atoms with Crippen LogP contribution in [0.2, 0.25) is 0 Å². The van der Waals surface area contributed by atoms with E-state index >= 15 is 0 Å². The van der Waals surface area contributed by atoms with Crippen LogP contribution in [0.25, 0.3) is 10.9 Å². The molecule has 0 unspecified atom stereocenters. The molecule has 4 rings (SSSR count). The van der Waals surface area contributed by atoms with Crippen molar-refractivity contribution in [3.63, 3.8) is 0 Å². The predicted octanol–water partition coefficient (Wildman–Crippen LogP) is 5.17. The van der Waals surface area contributed by atoms with Crippen molar-refractivity contribution in [2.24, 2.45) is 15.9 Å². The summed E-state index contributed by atoms with van der Waals surface area (Å²) >= 11 is 0. The lowest BCUT2D eigenvalue weighted by atomic mass is 10.2. The van der Waals surface area contributed by atoms with Crippen molar-refractivity contribution in [3.8, 4) is 11.6 Å². The van der Waals surface area contributed by atoms with Crippen LogP contribution in [0.3, 0.4) is 0 Å². The summed E-state index contributed by atoms with van der Waals surface area (Å²) in [7, 11) is 0. The Kier molecular flexibility index (Phi) is 7.23. The predicted molar refractivity (Wildman–Crippen MR) is 132 cm³/mol. The summed E-state index contributed by atoms with van der Waals surface area (Å²) in [5.74, 6) is -0.497. The van der Waals surface area contributed by atoms with Crippen LogP contribution < -0.4 is 15.8 Å². The van der Waals surface area contributed by atoms with Gasteiger partial charge in [-0.1, -0.05) is 0 Å². The lowest BCUT2D eigenvalue weighted by Gasteiger charge is -2.13. The SMILES string of the molecule is C=NN(Cc1cc(Oc2ccc3c(ccn3C(=O)Nc3ccc(F)c(C(F)(F)F)c3)c2)ncn1)/N=C(/C)N. The Balaban J connectivity index is 1.50. The maximum absolute atomic E-state index is 13.5. The van der Waals surface area contributed by atoms with Crippen molar-refractivity contribution in [1.29, 1.82) is 0 Å². The molecule has 3 N–H and O–H groups in total. The number of halogens is 4. The van der Waals surface area contributed by atoms with Gasteiger partial charge >= 0.3 is 12.2 Å². The summed E-state index contributed by atoms with van der Waals surface area (Å²) < 4.78 is 59.5. The highest BCUT2D eigenvalue weighted by Gasteiger charge is 2.34. The van der Waals surface area contributed by atoms with E-state index in [0.717, 1.165) is 6.07 Å². The summed E-state index contributed by atoms with van der Waals surface area (Å²) in [4.78, 5) is 21.0. The Morgan fingerprint density at radius 2 is 1.97 bits per heavy atom. The van der Waals surface area contributed by atoms with Crippen LogP contribution in [-0.4, -0.2) is 38.2 Å². The van der Waals surface area contributed by atoms with Crippen LogP contribution in [0.1, 0.15) is 18.2 Å². The van der Waals surface area contributed by atoms with Crippen LogP contribution in [0.4, 0.5) is 28.0 Å². The lowest BCUT2D eigenvalue weighted by molar-refractivity contribution is -0.139. The minimum atomic E-state index is -4.90. The number of anilines is 1. The summed E-state index contributed by atoms with van der Waals surface area (Å²) in [6, 6.07) is 9.54. The number of amides is 1. The number of hydrazone groups is 2. The van der Waals surface area contributed by atoms with Crippen molar-refractivity contribution in [3.05, 3.63) is 78.1 Å². The average Bonchev–Trinajstić information content (AvgIpc) is 3.27. The Bertz CT molecular complexity index is 1530. The fourth-order valence-electron chi connectivity index (χ4n) is 3.45. The molecule has 2 aromatic carbocycles. The zero-order valence-corrected chi connectivity index (χ0v) is 19.8.